The van der Waals surface area contributed by atoms with Crippen molar-refractivity contribution in [3.63, 3.8) is 0 Å². The molecule has 2 heterocycles. The second-order valence-electron chi connectivity index (χ2n) is 7.07. The van der Waals surface area contributed by atoms with Gasteiger partial charge in [0.05, 0.1) is 17.1 Å². The number of carbonyl (C=O) groups excluding carboxylic acids is 2. The monoisotopic (exact) mass is 463 g/mol. The molecular formula is C25H21NO4S2. The van der Waals surface area contributed by atoms with Crippen molar-refractivity contribution in [1.29, 1.82) is 0 Å². The molecule has 1 amide bonds. The number of amides is 1. The van der Waals surface area contributed by atoms with Crippen molar-refractivity contribution in [3.8, 4) is 11.3 Å². The standard InChI is InChI=1S/C25H21NO4S2/c1-2-29-24(28)19-10-8-18(9-11-19)21-13-12-20(30-21)16-22-23(27)26(25(31)32-22)15-14-17-6-4-3-5-7-17/h3-13,16H,2,14-15H2,1H3/b22-16-. The summed E-state index contributed by atoms with van der Waals surface area (Å²) < 4.78 is 11.5. The summed E-state index contributed by atoms with van der Waals surface area (Å²) in [5.74, 6) is 0.755. The molecule has 0 aliphatic carbocycles. The molecule has 32 heavy (non-hydrogen) atoms. The van der Waals surface area contributed by atoms with Gasteiger partial charge in [-0.3, -0.25) is 9.69 Å². The van der Waals surface area contributed by atoms with E-state index < -0.39 is 0 Å². The van der Waals surface area contributed by atoms with Crippen molar-refractivity contribution in [2.45, 2.75) is 13.3 Å². The predicted octanol–water partition coefficient (Wildman–Crippen LogP) is 5.57. The fraction of sp³-hybridized carbons (Fsp3) is 0.160. The van der Waals surface area contributed by atoms with E-state index in [1.54, 1.807) is 42.2 Å². The van der Waals surface area contributed by atoms with Crippen LogP contribution in [0.15, 0.2) is 76.1 Å². The van der Waals surface area contributed by atoms with Crippen LogP contribution in [0.4, 0.5) is 0 Å². The lowest BCUT2D eigenvalue weighted by Gasteiger charge is -2.14. The third kappa shape index (κ3) is 5.00. The van der Waals surface area contributed by atoms with Gasteiger partial charge in [-0.1, -0.05) is 66.4 Å². The van der Waals surface area contributed by atoms with Crippen LogP contribution in [0, 0.1) is 0 Å². The van der Waals surface area contributed by atoms with E-state index in [1.165, 1.54) is 11.8 Å². The largest absolute Gasteiger partial charge is 0.462 e. The normalized spacial score (nSPS) is 14.9. The highest BCUT2D eigenvalue weighted by atomic mass is 32.2. The van der Waals surface area contributed by atoms with E-state index in [0.29, 0.717) is 39.5 Å². The van der Waals surface area contributed by atoms with Crippen LogP contribution < -0.4 is 0 Å². The maximum atomic E-state index is 12.8. The van der Waals surface area contributed by atoms with E-state index in [9.17, 15) is 9.59 Å². The number of hydrogen-bond acceptors (Lipinski definition) is 6. The van der Waals surface area contributed by atoms with Gasteiger partial charge in [0.15, 0.2) is 0 Å². The highest BCUT2D eigenvalue weighted by Gasteiger charge is 2.31. The Morgan fingerprint density at radius 1 is 1.09 bits per heavy atom. The minimum absolute atomic E-state index is 0.104. The van der Waals surface area contributed by atoms with Gasteiger partial charge >= 0.3 is 5.97 Å². The quantitative estimate of drug-likeness (QED) is 0.259. The van der Waals surface area contributed by atoms with Gasteiger partial charge in [0.1, 0.15) is 15.8 Å². The third-order valence-electron chi connectivity index (χ3n) is 4.92. The van der Waals surface area contributed by atoms with Gasteiger partial charge < -0.3 is 9.15 Å². The lowest BCUT2D eigenvalue weighted by atomic mass is 10.1. The zero-order valence-corrected chi connectivity index (χ0v) is 19.1. The Morgan fingerprint density at radius 2 is 1.84 bits per heavy atom. The molecule has 0 spiro atoms. The number of rotatable bonds is 7. The van der Waals surface area contributed by atoms with Crippen LogP contribution in [0.25, 0.3) is 17.4 Å². The van der Waals surface area contributed by atoms with Crippen molar-refractivity contribution in [1.82, 2.24) is 4.90 Å². The average Bonchev–Trinajstić information content (AvgIpc) is 3.38. The van der Waals surface area contributed by atoms with Crippen LogP contribution in [0.3, 0.4) is 0 Å². The van der Waals surface area contributed by atoms with Gasteiger partial charge in [-0.25, -0.2) is 4.79 Å². The lowest BCUT2D eigenvalue weighted by Crippen LogP contribution is -2.30. The molecule has 5 nitrogen and oxygen atoms in total. The molecular weight excluding hydrogens is 442 g/mol. The topological polar surface area (TPSA) is 59.8 Å². The molecule has 162 valence electrons. The Morgan fingerprint density at radius 3 is 2.56 bits per heavy atom. The summed E-state index contributed by atoms with van der Waals surface area (Å²) in [7, 11) is 0. The van der Waals surface area contributed by atoms with Gasteiger partial charge in [0, 0.05) is 18.2 Å². The minimum Gasteiger partial charge on any atom is -0.462 e. The summed E-state index contributed by atoms with van der Waals surface area (Å²) in [4.78, 5) is 26.8. The summed E-state index contributed by atoms with van der Waals surface area (Å²) in [6.45, 7) is 2.65. The first-order chi connectivity index (χ1) is 15.5. The van der Waals surface area contributed by atoms with Crippen LogP contribution in [0.1, 0.15) is 28.6 Å². The lowest BCUT2D eigenvalue weighted by molar-refractivity contribution is -0.122. The highest BCUT2D eigenvalue weighted by molar-refractivity contribution is 8.26. The molecule has 0 atom stereocenters. The van der Waals surface area contributed by atoms with Crippen LogP contribution >= 0.6 is 24.0 Å². The molecule has 2 aromatic carbocycles. The molecule has 0 radical (unpaired) electrons. The van der Waals surface area contributed by atoms with Gasteiger partial charge in [-0.05, 0) is 43.2 Å². The smallest absolute Gasteiger partial charge is 0.338 e. The van der Waals surface area contributed by atoms with Crippen molar-refractivity contribution in [3.05, 3.63) is 88.5 Å². The molecule has 0 N–H and O–H groups in total. The fourth-order valence-electron chi connectivity index (χ4n) is 3.28. The van der Waals surface area contributed by atoms with E-state index in [0.717, 1.165) is 17.5 Å². The van der Waals surface area contributed by atoms with Gasteiger partial charge in [0.2, 0.25) is 0 Å². The first-order valence-corrected chi connectivity index (χ1v) is 11.4. The number of carbonyl (C=O) groups is 2. The molecule has 1 aliphatic rings. The van der Waals surface area contributed by atoms with Crippen LogP contribution in [0.2, 0.25) is 0 Å². The summed E-state index contributed by atoms with van der Waals surface area (Å²) in [6.07, 6.45) is 2.46. The molecule has 3 aromatic rings. The molecule has 1 saturated heterocycles. The SMILES string of the molecule is CCOC(=O)c1ccc(-c2ccc(/C=C3\SC(=S)N(CCc4ccccc4)C3=O)o2)cc1. The Bertz CT molecular complexity index is 1170. The van der Waals surface area contributed by atoms with Crippen LogP contribution in [-0.2, 0) is 16.0 Å². The molecule has 7 heteroatoms. The van der Waals surface area contributed by atoms with E-state index >= 15 is 0 Å². The molecule has 0 unspecified atom stereocenters. The number of furan rings is 1. The van der Waals surface area contributed by atoms with Gasteiger partial charge in [-0.2, -0.15) is 0 Å². The summed E-state index contributed by atoms with van der Waals surface area (Å²) in [5.41, 5.74) is 2.48. The second kappa shape index (κ2) is 9.97. The summed E-state index contributed by atoms with van der Waals surface area (Å²) in [6, 6.07) is 20.7. The third-order valence-corrected chi connectivity index (χ3v) is 6.30. The number of thiocarbonyl (C=S) groups is 1. The Hall–Kier alpha value is -3.16. The molecule has 4 rings (SSSR count). The van der Waals surface area contributed by atoms with E-state index in [4.69, 9.17) is 21.4 Å². The summed E-state index contributed by atoms with van der Waals surface area (Å²) in [5, 5.41) is 0. The molecule has 1 aliphatic heterocycles. The number of benzene rings is 2. The summed E-state index contributed by atoms with van der Waals surface area (Å²) >= 11 is 6.70. The molecule has 1 aromatic heterocycles. The molecule has 0 bridgehead atoms. The predicted molar refractivity (Wildman–Crippen MR) is 130 cm³/mol. The zero-order valence-electron chi connectivity index (χ0n) is 17.4. The van der Waals surface area contributed by atoms with Crippen molar-refractivity contribution >= 4 is 46.3 Å². The van der Waals surface area contributed by atoms with Crippen molar-refractivity contribution < 1.29 is 18.7 Å². The number of thioether (sulfide) groups is 1. The number of esters is 1. The van der Waals surface area contributed by atoms with E-state index in [2.05, 4.69) is 0 Å². The first kappa shape index (κ1) is 22.0. The molecule has 0 saturated carbocycles. The van der Waals surface area contributed by atoms with Crippen LogP contribution in [-0.4, -0.2) is 34.2 Å². The Kier molecular flexibility index (Phi) is 6.87. The number of ether oxygens (including phenoxy) is 1. The first-order valence-electron chi connectivity index (χ1n) is 10.2. The number of nitrogens with zero attached hydrogens (tertiary/aromatic N) is 1. The Balaban J connectivity index is 1.44. The highest BCUT2D eigenvalue weighted by Crippen LogP contribution is 2.33. The van der Waals surface area contributed by atoms with Crippen molar-refractivity contribution in [2.75, 3.05) is 13.2 Å². The Labute approximate surface area is 196 Å². The second-order valence-corrected chi connectivity index (χ2v) is 8.74. The fourth-order valence-corrected chi connectivity index (χ4v) is 4.57. The minimum atomic E-state index is -0.353. The maximum absolute atomic E-state index is 12.8. The van der Waals surface area contributed by atoms with Gasteiger partial charge in [0.25, 0.3) is 5.91 Å². The zero-order chi connectivity index (χ0) is 22.5. The molecule has 1 fully saturated rings. The van der Waals surface area contributed by atoms with Crippen molar-refractivity contribution in [2.24, 2.45) is 0 Å². The van der Waals surface area contributed by atoms with Crippen LogP contribution in [0.5, 0.6) is 0 Å². The average molecular weight is 464 g/mol. The van der Waals surface area contributed by atoms with Gasteiger partial charge in [-0.15, -0.1) is 0 Å². The number of hydrogen-bond donors (Lipinski definition) is 0. The maximum Gasteiger partial charge on any atom is 0.338 e. The van der Waals surface area contributed by atoms with E-state index in [1.807, 2.05) is 42.5 Å². The van der Waals surface area contributed by atoms with E-state index in [-0.39, 0.29) is 11.9 Å².